The maximum absolute atomic E-state index is 11.0. The van der Waals surface area contributed by atoms with Gasteiger partial charge in [-0.2, -0.15) is 0 Å². The summed E-state index contributed by atoms with van der Waals surface area (Å²) in [6, 6.07) is 13.3. The zero-order chi connectivity index (χ0) is 24.4. The summed E-state index contributed by atoms with van der Waals surface area (Å²) in [5, 5.41) is 9.98. The van der Waals surface area contributed by atoms with Crippen molar-refractivity contribution >= 4 is 22.7 Å². The number of ether oxygens (including phenoxy) is 3. The van der Waals surface area contributed by atoms with Crippen molar-refractivity contribution in [1.82, 2.24) is 14.5 Å². The molecule has 1 aliphatic heterocycles. The van der Waals surface area contributed by atoms with Gasteiger partial charge < -0.3 is 28.8 Å². The van der Waals surface area contributed by atoms with Crippen LogP contribution in [0.5, 0.6) is 17.2 Å². The minimum atomic E-state index is -0.867. The number of hydrogen-bond donors (Lipinski definition) is 1. The molecule has 1 aliphatic rings. The normalized spacial score (nSPS) is 12.2. The van der Waals surface area contributed by atoms with Gasteiger partial charge in [0.15, 0.2) is 17.3 Å². The van der Waals surface area contributed by atoms with Crippen molar-refractivity contribution in [2.45, 2.75) is 19.9 Å². The molecule has 9 heteroatoms. The summed E-state index contributed by atoms with van der Waals surface area (Å²) in [4.78, 5) is 22.4. The average Bonchev–Trinajstić information content (AvgIpc) is 3.48. The minimum Gasteiger partial charge on any atom is -0.494 e. The second kappa shape index (κ2) is 9.54. The van der Waals surface area contributed by atoms with Crippen molar-refractivity contribution in [1.29, 1.82) is 0 Å². The van der Waals surface area contributed by atoms with Crippen molar-refractivity contribution in [2.75, 3.05) is 31.9 Å². The third-order valence-electron chi connectivity index (χ3n) is 5.89. The Morgan fingerprint density at radius 1 is 1.17 bits per heavy atom. The van der Waals surface area contributed by atoms with Crippen LogP contribution in [0, 0.1) is 6.92 Å². The van der Waals surface area contributed by atoms with Crippen LogP contribution < -0.4 is 19.1 Å². The fraction of sp³-hybridized carbons (Fsp3) is 0.269. The van der Waals surface area contributed by atoms with Gasteiger partial charge in [0.25, 0.3) is 0 Å². The highest BCUT2D eigenvalue weighted by Crippen LogP contribution is 2.35. The first-order chi connectivity index (χ1) is 17.0. The first-order valence-electron chi connectivity index (χ1n) is 11.4. The van der Waals surface area contributed by atoms with Gasteiger partial charge in [0, 0.05) is 48.0 Å². The third-order valence-corrected chi connectivity index (χ3v) is 5.89. The number of hydrogen-bond acceptors (Lipinski definition) is 7. The van der Waals surface area contributed by atoms with E-state index in [9.17, 15) is 4.79 Å². The van der Waals surface area contributed by atoms with E-state index in [4.69, 9.17) is 24.3 Å². The fourth-order valence-corrected chi connectivity index (χ4v) is 4.14. The highest BCUT2D eigenvalue weighted by molar-refractivity contribution is 5.83. The molecule has 3 heterocycles. The number of fused-ring (bicyclic) bond motifs is 2. The molecule has 5 rings (SSSR count). The molecule has 2 aromatic carbocycles. The molecular formula is C26H26N4O5. The molecule has 2 aromatic heterocycles. The molecule has 0 saturated carbocycles. The van der Waals surface area contributed by atoms with Crippen LogP contribution in [0.4, 0.5) is 5.82 Å². The second-order valence-electron chi connectivity index (χ2n) is 8.45. The molecule has 0 spiro atoms. The van der Waals surface area contributed by atoms with Gasteiger partial charge in [-0.1, -0.05) is 0 Å². The van der Waals surface area contributed by atoms with E-state index in [-0.39, 0.29) is 13.3 Å². The van der Waals surface area contributed by atoms with Gasteiger partial charge in [-0.3, -0.25) is 4.79 Å². The van der Waals surface area contributed by atoms with Gasteiger partial charge >= 0.3 is 5.97 Å². The number of anilines is 1. The number of rotatable bonds is 9. The van der Waals surface area contributed by atoms with E-state index in [1.165, 1.54) is 0 Å². The lowest BCUT2D eigenvalue weighted by atomic mass is 10.2. The molecule has 0 fully saturated rings. The van der Waals surface area contributed by atoms with Gasteiger partial charge in [0.05, 0.1) is 6.61 Å². The highest BCUT2D eigenvalue weighted by Gasteiger charge is 2.16. The van der Waals surface area contributed by atoms with Crippen LogP contribution in [0.2, 0.25) is 0 Å². The summed E-state index contributed by atoms with van der Waals surface area (Å²) in [6.07, 6.45) is 4.41. The Kier molecular flexibility index (Phi) is 6.13. The SMILES string of the molecule is Cc1cnc(-c2ccc3c(c2)OCO3)nc1N(C)CCCOc1ccc2c(ccn2CC(=O)O)c1. The van der Waals surface area contributed by atoms with Crippen molar-refractivity contribution in [3.05, 3.63) is 60.4 Å². The molecule has 0 radical (unpaired) electrons. The molecule has 0 aliphatic carbocycles. The maximum atomic E-state index is 11.0. The number of carboxylic acid groups (broad SMARTS) is 1. The Balaban J connectivity index is 1.19. The fourth-order valence-electron chi connectivity index (χ4n) is 4.14. The summed E-state index contributed by atoms with van der Waals surface area (Å²) >= 11 is 0. The predicted octanol–water partition coefficient (Wildman–Crippen LogP) is 4.13. The molecule has 0 saturated heterocycles. The van der Waals surface area contributed by atoms with Crippen LogP contribution in [0.1, 0.15) is 12.0 Å². The molecule has 1 N–H and O–H groups in total. The lowest BCUT2D eigenvalue weighted by Gasteiger charge is -2.20. The Labute approximate surface area is 202 Å². The topological polar surface area (TPSA) is 98.9 Å². The van der Waals surface area contributed by atoms with Crippen LogP contribution in [-0.4, -0.2) is 52.6 Å². The predicted molar refractivity (Wildman–Crippen MR) is 131 cm³/mol. The largest absolute Gasteiger partial charge is 0.494 e. The van der Waals surface area contributed by atoms with Gasteiger partial charge in [-0.15, -0.1) is 0 Å². The standard InChI is InChI=1S/C26H26N4O5/c1-17-14-27-25(19-4-7-22-23(13-19)35-16-34-22)28-26(17)29(2)9-3-11-33-20-5-6-21-18(12-20)8-10-30(21)15-24(31)32/h4-8,10,12-14H,3,9,11,15-16H2,1-2H3,(H,31,32). The van der Waals surface area contributed by atoms with Gasteiger partial charge in [-0.25, -0.2) is 9.97 Å². The monoisotopic (exact) mass is 474 g/mol. The van der Waals surface area contributed by atoms with Crippen LogP contribution >= 0.6 is 0 Å². The lowest BCUT2D eigenvalue weighted by molar-refractivity contribution is -0.137. The van der Waals surface area contributed by atoms with Crippen molar-refractivity contribution in [2.24, 2.45) is 0 Å². The number of carbonyl (C=O) groups is 1. The van der Waals surface area contributed by atoms with E-state index in [0.717, 1.165) is 52.3 Å². The number of benzene rings is 2. The van der Waals surface area contributed by atoms with E-state index in [1.54, 1.807) is 10.8 Å². The first-order valence-corrected chi connectivity index (χ1v) is 11.4. The smallest absolute Gasteiger partial charge is 0.323 e. The van der Waals surface area contributed by atoms with Crippen LogP contribution in [-0.2, 0) is 11.3 Å². The molecule has 35 heavy (non-hydrogen) atoms. The average molecular weight is 475 g/mol. The highest BCUT2D eigenvalue weighted by atomic mass is 16.7. The lowest BCUT2D eigenvalue weighted by Crippen LogP contribution is -2.22. The molecule has 0 amide bonds. The van der Waals surface area contributed by atoms with Gasteiger partial charge in [0.2, 0.25) is 6.79 Å². The quantitative estimate of drug-likeness (QED) is 0.362. The van der Waals surface area contributed by atoms with E-state index in [2.05, 4.69) is 9.88 Å². The summed E-state index contributed by atoms with van der Waals surface area (Å²) in [6.45, 7) is 3.47. The zero-order valence-corrected chi connectivity index (χ0v) is 19.6. The minimum absolute atomic E-state index is 0.0606. The maximum Gasteiger partial charge on any atom is 0.323 e. The van der Waals surface area contributed by atoms with Crippen molar-refractivity contribution in [3.63, 3.8) is 0 Å². The Bertz CT molecular complexity index is 1380. The Morgan fingerprint density at radius 3 is 2.89 bits per heavy atom. The van der Waals surface area contributed by atoms with E-state index >= 15 is 0 Å². The molecular weight excluding hydrogens is 448 g/mol. The van der Waals surface area contributed by atoms with Crippen LogP contribution in [0.25, 0.3) is 22.3 Å². The molecule has 180 valence electrons. The summed E-state index contributed by atoms with van der Waals surface area (Å²) in [5.41, 5.74) is 2.74. The molecule has 0 atom stereocenters. The summed E-state index contributed by atoms with van der Waals surface area (Å²) in [5.74, 6) is 2.83. The molecule has 4 aromatic rings. The van der Waals surface area contributed by atoms with Gasteiger partial charge in [-0.05, 0) is 55.8 Å². The van der Waals surface area contributed by atoms with Crippen molar-refractivity contribution < 1.29 is 24.1 Å². The zero-order valence-electron chi connectivity index (χ0n) is 19.6. The summed E-state index contributed by atoms with van der Waals surface area (Å²) < 4.78 is 18.5. The van der Waals surface area contributed by atoms with E-state index in [0.29, 0.717) is 18.2 Å². The van der Waals surface area contributed by atoms with E-state index in [1.807, 2.05) is 62.6 Å². The number of aliphatic carboxylic acids is 1. The van der Waals surface area contributed by atoms with Crippen LogP contribution in [0.3, 0.4) is 0 Å². The molecule has 9 nitrogen and oxygen atoms in total. The number of aromatic nitrogens is 3. The van der Waals surface area contributed by atoms with Crippen molar-refractivity contribution in [3.8, 4) is 28.6 Å². The number of carboxylic acids is 1. The molecule has 0 unspecified atom stereocenters. The number of nitrogens with zero attached hydrogens (tertiary/aromatic N) is 4. The number of aryl methyl sites for hydroxylation is 1. The van der Waals surface area contributed by atoms with E-state index < -0.39 is 5.97 Å². The molecule has 0 bridgehead atoms. The summed E-state index contributed by atoms with van der Waals surface area (Å²) in [7, 11) is 2.01. The van der Waals surface area contributed by atoms with Gasteiger partial charge in [0.1, 0.15) is 18.1 Å². The van der Waals surface area contributed by atoms with Crippen LogP contribution in [0.15, 0.2) is 54.9 Å². The third kappa shape index (κ3) is 4.84. The second-order valence-corrected chi connectivity index (χ2v) is 8.45. The Morgan fingerprint density at radius 2 is 2.03 bits per heavy atom. The first kappa shape index (κ1) is 22.5. The Hall–Kier alpha value is -4.27.